The molecule has 9 heteroatoms. The number of carbonyl (C=O) groups is 1. The van der Waals surface area contributed by atoms with Crippen molar-refractivity contribution in [1.29, 1.82) is 0 Å². The number of piperidine rings is 1. The highest BCUT2D eigenvalue weighted by Crippen LogP contribution is 2.23. The molecule has 1 aliphatic heterocycles. The lowest BCUT2D eigenvalue weighted by atomic mass is 9.97. The summed E-state index contributed by atoms with van der Waals surface area (Å²) in [5.41, 5.74) is 0.151. The highest BCUT2D eigenvalue weighted by atomic mass is 32.2. The maximum atomic E-state index is 13.8. The number of nitrogens with one attached hydrogen (secondary N) is 1. The van der Waals surface area contributed by atoms with E-state index in [-0.39, 0.29) is 36.2 Å². The van der Waals surface area contributed by atoms with Crippen LogP contribution in [0.3, 0.4) is 0 Å². The molecule has 0 bridgehead atoms. The van der Waals surface area contributed by atoms with Gasteiger partial charge in [0.25, 0.3) is 0 Å². The molecule has 1 aliphatic rings. The van der Waals surface area contributed by atoms with Crippen LogP contribution in [-0.4, -0.2) is 52.0 Å². The summed E-state index contributed by atoms with van der Waals surface area (Å²) in [5, 5.41) is 2.84. The van der Waals surface area contributed by atoms with Crippen molar-refractivity contribution in [1.82, 2.24) is 9.62 Å². The van der Waals surface area contributed by atoms with Gasteiger partial charge in [-0.3, -0.25) is 4.79 Å². The van der Waals surface area contributed by atoms with Gasteiger partial charge in [-0.15, -0.1) is 0 Å². The Labute approximate surface area is 182 Å². The third-order valence-electron chi connectivity index (χ3n) is 5.23. The molecule has 0 aliphatic carbocycles. The van der Waals surface area contributed by atoms with Crippen molar-refractivity contribution < 1.29 is 27.1 Å². The summed E-state index contributed by atoms with van der Waals surface area (Å²) in [4.78, 5) is 12.4. The first kappa shape index (κ1) is 23.0. The first-order valence-corrected chi connectivity index (χ1v) is 11.8. The van der Waals surface area contributed by atoms with Crippen molar-refractivity contribution in [3.05, 3.63) is 59.9 Å². The largest absolute Gasteiger partial charge is 0.497 e. The van der Waals surface area contributed by atoms with Gasteiger partial charge in [0, 0.05) is 30.6 Å². The number of hydrogen-bond acceptors (Lipinski definition) is 5. The van der Waals surface area contributed by atoms with E-state index in [0.717, 1.165) is 0 Å². The van der Waals surface area contributed by atoms with E-state index < -0.39 is 15.8 Å². The van der Waals surface area contributed by atoms with E-state index in [1.165, 1.54) is 22.5 Å². The first-order valence-electron chi connectivity index (χ1n) is 10.1. The van der Waals surface area contributed by atoms with Gasteiger partial charge >= 0.3 is 0 Å². The molecule has 31 heavy (non-hydrogen) atoms. The number of amides is 1. The third kappa shape index (κ3) is 6.41. The van der Waals surface area contributed by atoms with Crippen molar-refractivity contribution in [2.45, 2.75) is 18.6 Å². The molecule has 1 N–H and O–H groups in total. The van der Waals surface area contributed by atoms with Crippen molar-refractivity contribution in [2.75, 3.05) is 33.4 Å². The van der Waals surface area contributed by atoms with E-state index in [1.807, 2.05) is 18.2 Å². The standard InChI is InChI=1S/C22H27FN2O5S/c1-29-19-6-4-7-20(15-19)30-14-11-24-22(26)17-9-12-25(13-10-17)31(27,28)16-18-5-2-3-8-21(18)23/h2-8,15,17H,9-14,16H2,1H3,(H,24,26). The average molecular weight is 451 g/mol. The predicted molar refractivity (Wildman–Crippen MR) is 115 cm³/mol. The molecule has 1 heterocycles. The second-order valence-corrected chi connectivity index (χ2v) is 9.31. The summed E-state index contributed by atoms with van der Waals surface area (Å²) < 4.78 is 51.1. The van der Waals surface area contributed by atoms with Crippen LogP contribution in [0.25, 0.3) is 0 Å². The van der Waals surface area contributed by atoms with E-state index in [1.54, 1.807) is 19.2 Å². The molecule has 168 valence electrons. The number of rotatable bonds is 9. The molecule has 0 spiro atoms. The molecule has 0 radical (unpaired) electrons. The Morgan fingerprint density at radius 2 is 1.84 bits per heavy atom. The number of halogens is 1. The molecule has 0 saturated carbocycles. The molecule has 1 amide bonds. The first-order chi connectivity index (χ1) is 14.9. The van der Waals surface area contributed by atoms with Crippen LogP contribution in [0.4, 0.5) is 4.39 Å². The van der Waals surface area contributed by atoms with Gasteiger partial charge in [-0.2, -0.15) is 0 Å². The minimum Gasteiger partial charge on any atom is -0.497 e. The van der Waals surface area contributed by atoms with E-state index >= 15 is 0 Å². The van der Waals surface area contributed by atoms with Crippen LogP contribution in [0.1, 0.15) is 18.4 Å². The van der Waals surface area contributed by atoms with E-state index in [4.69, 9.17) is 9.47 Å². The number of carbonyl (C=O) groups excluding carboxylic acids is 1. The zero-order chi connectivity index (χ0) is 22.3. The molecule has 0 aromatic heterocycles. The van der Waals surface area contributed by atoms with Crippen LogP contribution in [-0.2, 0) is 20.6 Å². The average Bonchev–Trinajstić information content (AvgIpc) is 2.78. The zero-order valence-electron chi connectivity index (χ0n) is 17.4. The monoisotopic (exact) mass is 450 g/mol. The second-order valence-electron chi connectivity index (χ2n) is 7.34. The predicted octanol–water partition coefficient (Wildman–Crippen LogP) is 2.57. The lowest BCUT2D eigenvalue weighted by Gasteiger charge is -2.30. The minimum absolute atomic E-state index is 0.111. The number of ether oxygens (including phenoxy) is 2. The number of hydrogen-bond donors (Lipinski definition) is 1. The highest BCUT2D eigenvalue weighted by Gasteiger charge is 2.31. The lowest BCUT2D eigenvalue weighted by molar-refractivity contribution is -0.126. The van der Waals surface area contributed by atoms with Crippen LogP contribution >= 0.6 is 0 Å². The summed E-state index contributed by atoms with van der Waals surface area (Å²) in [6.07, 6.45) is 0.859. The normalized spacial score (nSPS) is 15.4. The molecular weight excluding hydrogens is 423 g/mol. The highest BCUT2D eigenvalue weighted by molar-refractivity contribution is 7.88. The maximum Gasteiger partial charge on any atom is 0.223 e. The number of nitrogens with zero attached hydrogens (tertiary/aromatic N) is 1. The summed E-state index contributed by atoms with van der Waals surface area (Å²) in [6.45, 7) is 1.15. The van der Waals surface area contributed by atoms with Crippen LogP contribution < -0.4 is 14.8 Å². The molecule has 3 rings (SSSR count). The number of benzene rings is 2. The number of methoxy groups -OCH3 is 1. The van der Waals surface area contributed by atoms with Crippen LogP contribution in [0.2, 0.25) is 0 Å². The Bertz CT molecular complexity index is 991. The summed E-state index contributed by atoms with van der Waals surface area (Å²) in [7, 11) is -2.05. The van der Waals surface area contributed by atoms with E-state index in [2.05, 4.69) is 5.32 Å². The van der Waals surface area contributed by atoms with Crippen LogP contribution in [0, 0.1) is 11.7 Å². The summed E-state index contributed by atoms with van der Waals surface area (Å²) in [6, 6.07) is 13.1. The SMILES string of the molecule is COc1cccc(OCCNC(=O)C2CCN(S(=O)(=O)Cc3ccccc3F)CC2)c1. The van der Waals surface area contributed by atoms with Crippen LogP contribution in [0.5, 0.6) is 11.5 Å². The van der Waals surface area contributed by atoms with Gasteiger partial charge in [-0.05, 0) is 31.0 Å². The van der Waals surface area contributed by atoms with Crippen LogP contribution in [0.15, 0.2) is 48.5 Å². The Morgan fingerprint density at radius 3 is 2.55 bits per heavy atom. The fourth-order valence-corrected chi connectivity index (χ4v) is 5.05. The Balaban J connectivity index is 1.41. The van der Waals surface area contributed by atoms with Crippen molar-refractivity contribution >= 4 is 15.9 Å². The Morgan fingerprint density at radius 1 is 1.13 bits per heavy atom. The van der Waals surface area contributed by atoms with Gasteiger partial charge in [0.05, 0.1) is 19.4 Å². The fraction of sp³-hybridized carbons (Fsp3) is 0.409. The van der Waals surface area contributed by atoms with Gasteiger partial charge < -0.3 is 14.8 Å². The van der Waals surface area contributed by atoms with Gasteiger partial charge in [0.2, 0.25) is 15.9 Å². The minimum atomic E-state index is -3.63. The quantitative estimate of drug-likeness (QED) is 0.594. The molecule has 1 fully saturated rings. The lowest BCUT2D eigenvalue weighted by Crippen LogP contribution is -2.44. The van der Waals surface area contributed by atoms with Gasteiger partial charge in [0.1, 0.15) is 23.9 Å². The molecule has 2 aromatic carbocycles. The van der Waals surface area contributed by atoms with E-state index in [0.29, 0.717) is 37.5 Å². The zero-order valence-corrected chi connectivity index (χ0v) is 18.2. The summed E-state index contributed by atoms with van der Waals surface area (Å²) in [5.74, 6) is 0.0758. The second kappa shape index (κ2) is 10.6. The Hall–Kier alpha value is -2.65. The maximum absolute atomic E-state index is 13.8. The molecular formula is C22H27FN2O5S. The van der Waals surface area contributed by atoms with Crippen molar-refractivity contribution in [3.8, 4) is 11.5 Å². The van der Waals surface area contributed by atoms with Gasteiger partial charge in [0.15, 0.2) is 0 Å². The fourth-order valence-electron chi connectivity index (χ4n) is 3.48. The Kier molecular flexibility index (Phi) is 7.86. The molecule has 1 saturated heterocycles. The molecule has 2 aromatic rings. The number of sulfonamides is 1. The molecule has 0 unspecified atom stereocenters. The third-order valence-corrected chi connectivity index (χ3v) is 7.05. The van der Waals surface area contributed by atoms with Crippen molar-refractivity contribution in [2.24, 2.45) is 5.92 Å². The topological polar surface area (TPSA) is 84.9 Å². The van der Waals surface area contributed by atoms with Crippen molar-refractivity contribution in [3.63, 3.8) is 0 Å². The van der Waals surface area contributed by atoms with Gasteiger partial charge in [-0.25, -0.2) is 17.1 Å². The van der Waals surface area contributed by atoms with Gasteiger partial charge in [-0.1, -0.05) is 24.3 Å². The smallest absolute Gasteiger partial charge is 0.223 e. The van der Waals surface area contributed by atoms with E-state index in [9.17, 15) is 17.6 Å². The summed E-state index contributed by atoms with van der Waals surface area (Å²) >= 11 is 0. The molecule has 0 atom stereocenters. The molecule has 7 nitrogen and oxygen atoms in total.